The molecule has 0 saturated carbocycles. The van der Waals surface area contributed by atoms with Crippen LogP contribution in [0.3, 0.4) is 0 Å². The lowest BCUT2D eigenvalue weighted by molar-refractivity contribution is 0.0979. The van der Waals surface area contributed by atoms with E-state index in [1.54, 1.807) is 36.4 Å². The van der Waals surface area contributed by atoms with E-state index >= 15 is 0 Å². The van der Waals surface area contributed by atoms with Crippen LogP contribution in [0.25, 0.3) is 0 Å². The standard InChI is InChI=1S/C30H26N2O4/c33-15-13-19-1-5-21(6-2-19)31-23-9-11-25-27(17-23)30(36)28-18-24(10-12-26(28)29(25)35)32-22-7-3-20(4-8-22)14-16-34/h1-12,17-18,31-34H,13-16H2. The van der Waals surface area contributed by atoms with Gasteiger partial charge in [0.1, 0.15) is 0 Å². The van der Waals surface area contributed by atoms with E-state index in [9.17, 15) is 9.59 Å². The van der Waals surface area contributed by atoms with Crippen molar-refractivity contribution in [1.82, 2.24) is 0 Å². The maximum absolute atomic E-state index is 13.4. The molecule has 4 aromatic rings. The highest BCUT2D eigenvalue weighted by molar-refractivity contribution is 6.29. The molecule has 6 heteroatoms. The number of hydrogen-bond acceptors (Lipinski definition) is 6. The van der Waals surface area contributed by atoms with Gasteiger partial charge in [0.15, 0.2) is 11.6 Å². The Kier molecular flexibility index (Phi) is 6.62. The van der Waals surface area contributed by atoms with Crippen LogP contribution in [0.2, 0.25) is 0 Å². The Bertz CT molecular complexity index is 1320. The van der Waals surface area contributed by atoms with Crippen molar-refractivity contribution in [2.45, 2.75) is 12.8 Å². The van der Waals surface area contributed by atoms with E-state index in [0.29, 0.717) is 46.5 Å². The number of fused-ring (bicyclic) bond motifs is 2. The number of nitrogens with one attached hydrogen (secondary N) is 2. The van der Waals surface area contributed by atoms with Crippen molar-refractivity contribution in [3.63, 3.8) is 0 Å². The van der Waals surface area contributed by atoms with Gasteiger partial charge in [-0.3, -0.25) is 9.59 Å². The first-order valence-corrected chi connectivity index (χ1v) is 11.9. The number of aliphatic hydroxyl groups is 2. The maximum atomic E-state index is 13.4. The van der Waals surface area contributed by atoms with Crippen molar-refractivity contribution in [2.75, 3.05) is 23.8 Å². The summed E-state index contributed by atoms with van der Waals surface area (Å²) in [6.45, 7) is 0.201. The predicted molar refractivity (Wildman–Crippen MR) is 141 cm³/mol. The molecule has 0 unspecified atom stereocenters. The van der Waals surface area contributed by atoms with Crippen LogP contribution >= 0.6 is 0 Å². The van der Waals surface area contributed by atoms with E-state index in [1.165, 1.54) is 0 Å². The van der Waals surface area contributed by atoms with Crippen LogP contribution in [0.4, 0.5) is 22.7 Å². The van der Waals surface area contributed by atoms with Crippen LogP contribution < -0.4 is 10.6 Å². The molecule has 180 valence electrons. The van der Waals surface area contributed by atoms with E-state index in [4.69, 9.17) is 10.2 Å². The molecular weight excluding hydrogens is 452 g/mol. The van der Waals surface area contributed by atoms with E-state index in [0.717, 1.165) is 22.5 Å². The summed E-state index contributed by atoms with van der Waals surface area (Å²) in [6.07, 6.45) is 1.20. The van der Waals surface area contributed by atoms with E-state index in [2.05, 4.69) is 10.6 Å². The molecule has 0 bridgehead atoms. The molecule has 0 heterocycles. The molecule has 0 radical (unpaired) electrons. The largest absolute Gasteiger partial charge is 0.396 e. The monoisotopic (exact) mass is 478 g/mol. The van der Waals surface area contributed by atoms with E-state index in [1.807, 2.05) is 48.5 Å². The van der Waals surface area contributed by atoms with Crippen LogP contribution in [-0.4, -0.2) is 35.0 Å². The average Bonchev–Trinajstić information content (AvgIpc) is 2.90. The summed E-state index contributed by atoms with van der Waals surface area (Å²) < 4.78 is 0. The first-order chi connectivity index (χ1) is 17.6. The number of benzene rings is 4. The fraction of sp³-hybridized carbons (Fsp3) is 0.133. The lowest BCUT2D eigenvalue weighted by Crippen LogP contribution is -2.21. The minimum Gasteiger partial charge on any atom is -0.396 e. The molecule has 0 aromatic heterocycles. The average molecular weight is 479 g/mol. The molecule has 0 spiro atoms. The molecule has 6 nitrogen and oxygen atoms in total. The van der Waals surface area contributed by atoms with Crippen molar-refractivity contribution in [1.29, 1.82) is 0 Å². The van der Waals surface area contributed by atoms with Crippen LogP contribution in [0.5, 0.6) is 0 Å². The molecule has 0 atom stereocenters. The third-order valence-electron chi connectivity index (χ3n) is 6.30. The summed E-state index contributed by atoms with van der Waals surface area (Å²) in [4.78, 5) is 26.6. The van der Waals surface area contributed by atoms with Crippen molar-refractivity contribution < 1.29 is 19.8 Å². The zero-order valence-electron chi connectivity index (χ0n) is 19.6. The summed E-state index contributed by atoms with van der Waals surface area (Å²) >= 11 is 0. The van der Waals surface area contributed by atoms with Crippen molar-refractivity contribution >= 4 is 34.3 Å². The third kappa shape index (κ3) is 4.77. The molecule has 4 aromatic carbocycles. The molecular formula is C30H26N2O4. The molecule has 0 fully saturated rings. The van der Waals surface area contributed by atoms with Gasteiger partial charge in [0.05, 0.1) is 0 Å². The molecule has 0 saturated heterocycles. The van der Waals surface area contributed by atoms with Gasteiger partial charge in [-0.2, -0.15) is 0 Å². The molecule has 1 aliphatic rings. The van der Waals surface area contributed by atoms with Gasteiger partial charge in [0, 0.05) is 58.2 Å². The Hall–Kier alpha value is -4.26. The SMILES string of the molecule is O=C1c2ccc(Nc3ccc(CCO)cc3)cc2C(=O)c2cc(Nc3ccc(CCO)cc3)ccc21. The number of rotatable bonds is 8. The predicted octanol–water partition coefficient (Wildman–Crippen LogP) is 5.02. The third-order valence-corrected chi connectivity index (χ3v) is 6.30. The smallest absolute Gasteiger partial charge is 0.194 e. The topological polar surface area (TPSA) is 98.7 Å². The number of hydrogen-bond donors (Lipinski definition) is 4. The van der Waals surface area contributed by atoms with Gasteiger partial charge in [0.25, 0.3) is 0 Å². The second-order valence-electron chi connectivity index (χ2n) is 8.77. The van der Waals surface area contributed by atoms with Gasteiger partial charge in [-0.1, -0.05) is 24.3 Å². The first kappa shape index (κ1) is 23.5. The zero-order chi connectivity index (χ0) is 25.1. The van der Waals surface area contributed by atoms with Crippen molar-refractivity contribution in [3.8, 4) is 0 Å². The first-order valence-electron chi connectivity index (χ1n) is 11.9. The molecule has 1 aliphatic carbocycles. The Morgan fingerprint density at radius 1 is 0.472 bits per heavy atom. The lowest BCUT2D eigenvalue weighted by atomic mass is 9.83. The number of ketones is 2. The second kappa shape index (κ2) is 10.2. The Morgan fingerprint density at radius 3 is 1.22 bits per heavy atom. The normalized spacial score (nSPS) is 12.2. The molecule has 0 amide bonds. The van der Waals surface area contributed by atoms with Gasteiger partial charge in [0.2, 0.25) is 0 Å². The van der Waals surface area contributed by atoms with Crippen LogP contribution in [-0.2, 0) is 12.8 Å². The molecule has 0 aliphatic heterocycles. The maximum Gasteiger partial charge on any atom is 0.194 e. The number of carbonyl (C=O) groups excluding carboxylic acids is 2. The summed E-state index contributed by atoms with van der Waals surface area (Å²) in [7, 11) is 0. The number of aliphatic hydroxyl groups excluding tert-OH is 2. The minimum atomic E-state index is -0.191. The highest BCUT2D eigenvalue weighted by Crippen LogP contribution is 2.32. The van der Waals surface area contributed by atoms with Gasteiger partial charge in [-0.25, -0.2) is 0 Å². The summed E-state index contributed by atoms with van der Waals surface area (Å²) in [5.74, 6) is -0.358. The number of carbonyl (C=O) groups is 2. The summed E-state index contributed by atoms with van der Waals surface area (Å²) in [6, 6.07) is 25.9. The fourth-order valence-corrected chi connectivity index (χ4v) is 4.41. The van der Waals surface area contributed by atoms with Crippen LogP contribution in [0, 0.1) is 0 Å². The van der Waals surface area contributed by atoms with Crippen molar-refractivity contribution in [2.24, 2.45) is 0 Å². The Morgan fingerprint density at radius 2 is 0.833 bits per heavy atom. The van der Waals surface area contributed by atoms with Gasteiger partial charge >= 0.3 is 0 Å². The summed E-state index contributed by atoms with van der Waals surface area (Å²) in [5.41, 5.74) is 6.75. The van der Waals surface area contributed by atoms with Crippen molar-refractivity contribution in [3.05, 3.63) is 118 Å². The van der Waals surface area contributed by atoms with Gasteiger partial charge in [-0.15, -0.1) is 0 Å². The van der Waals surface area contributed by atoms with E-state index in [-0.39, 0.29) is 24.8 Å². The minimum absolute atomic E-state index is 0.101. The Balaban J connectivity index is 1.38. The van der Waals surface area contributed by atoms with Gasteiger partial charge in [-0.05, 0) is 84.6 Å². The number of anilines is 4. The van der Waals surface area contributed by atoms with Gasteiger partial charge < -0.3 is 20.8 Å². The lowest BCUT2D eigenvalue weighted by Gasteiger charge is -2.20. The quantitative estimate of drug-likeness (QED) is 0.250. The Labute approximate surface area is 209 Å². The highest BCUT2D eigenvalue weighted by Gasteiger charge is 2.30. The molecule has 5 rings (SSSR count). The highest BCUT2D eigenvalue weighted by atomic mass is 16.3. The van der Waals surface area contributed by atoms with Crippen LogP contribution in [0.15, 0.2) is 84.9 Å². The fourth-order valence-electron chi connectivity index (χ4n) is 4.41. The molecule has 36 heavy (non-hydrogen) atoms. The van der Waals surface area contributed by atoms with Crippen LogP contribution in [0.1, 0.15) is 43.0 Å². The zero-order valence-corrected chi connectivity index (χ0v) is 19.6. The van der Waals surface area contributed by atoms with E-state index < -0.39 is 0 Å². The molecule has 4 N–H and O–H groups in total. The summed E-state index contributed by atoms with van der Waals surface area (Å²) in [5, 5.41) is 24.7. The second-order valence-corrected chi connectivity index (χ2v) is 8.77.